The van der Waals surface area contributed by atoms with E-state index in [0.717, 1.165) is 35.9 Å². The van der Waals surface area contributed by atoms with E-state index in [9.17, 15) is 19.5 Å². The summed E-state index contributed by atoms with van der Waals surface area (Å²) >= 11 is 7.98. The van der Waals surface area contributed by atoms with Crippen molar-refractivity contribution in [3.63, 3.8) is 0 Å². The van der Waals surface area contributed by atoms with Crippen LogP contribution in [-0.2, 0) is 20.7 Å². The molecule has 45 heavy (non-hydrogen) atoms. The fourth-order valence-electron chi connectivity index (χ4n) is 7.24. The molecule has 1 unspecified atom stereocenters. The molecule has 3 fully saturated rings. The number of hydrogen-bond donors (Lipinski definition) is 2. The number of amides is 2. The third kappa shape index (κ3) is 7.04. The van der Waals surface area contributed by atoms with Crippen LogP contribution in [-0.4, -0.2) is 76.6 Å². The predicted octanol–water partition coefficient (Wildman–Crippen LogP) is 6.60. The van der Waals surface area contributed by atoms with Gasteiger partial charge in [0, 0.05) is 34.1 Å². The molecule has 3 heterocycles. The number of carbonyl (C=O) groups is 3. The van der Waals surface area contributed by atoms with Gasteiger partial charge in [-0.1, -0.05) is 29.8 Å². The van der Waals surface area contributed by atoms with Crippen LogP contribution in [0.5, 0.6) is 0 Å². The lowest BCUT2D eigenvalue weighted by Crippen LogP contribution is -2.42. The monoisotopic (exact) mass is 655 g/mol. The highest BCUT2D eigenvalue weighted by atomic mass is 35.5. The first-order valence-corrected chi connectivity index (χ1v) is 17.1. The molecule has 3 aromatic rings. The Labute approximate surface area is 271 Å². The van der Waals surface area contributed by atoms with Gasteiger partial charge in [-0.3, -0.25) is 19.3 Å². The van der Waals surface area contributed by atoms with Crippen LogP contribution in [0, 0.1) is 11.7 Å². The van der Waals surface area contributed by atoms with Crippen molar-refractivity contribution >= 4 is 56.5 Å². The summed E-state index contributed by atoms with van der Waals surface area (Å²) < 4.78 is 22.7. The van der Waals surface area contributed by atoms with E-state index in [1.807, 2.05) is 29.2 Å². The third-order valence-corrected chi connectivity index (χ3v) is 11.1. The second-order valence-corrected chi connectivity index (χ2v) is 14.0. The van der Waals surface area contributed by atoms with Crippen LogP contribution >= 0.6 is 22.9 Å². The third-order valence-electron chi connectivity index (χ3n) is 9.79. The van der Waals surface area contributed by atoms with Gasteiger partial charge in [0.25, 0.3) is 5.91 Å². The molecule has 0 bridgehead atoms. The number of halogens is 2. The maximum atomic E-state index is 15.4. The SMILES string of the molecule is CC1CCCN1[C@H]1C[C@@H](CO[C@H]2CC[C@H](C(=O)O)CC2)N(C(=O)Cc2cc(Cl)c(NC(=O)c3csc4ccccc34)cc2F)C1. The molecule has 6 rings (SSSR count). The molecule has 3 atom stereocenters. The Balaban J connectivity index is 1.13. The lowest BCUT2D eigenvalue weighted by Gasteiger charge is -2.30. The van der Waals surface area contributed by atoms with E-state index in [2.05, 4.69) is 17.1 Å². The van der Waals surface area contributed by atoms with Gasteiger partial charge in [-0.2, -0.15) is 0 Å². The number of thiophene rings is 1. The number of aliphatic carboxylic acids is 1. The van der Waals surface area contributed by atoms with E-state index in [4.69, 9.17) is 16.3 Å². The summed E-state index contributed by atoms with van der Waals surface area (Å²) in [6.07, 6.45) is 5.46. The standard InChI is InChI=1S/C34H39ClFN3O5S/c1-20-5-4-12-38(20)23-15-24(18-44-25-10-8-21(9-11-25)34(42)43)39(17-23)32(40)14-22-13-28(35)30(16-29(22)36)37-33(41)27-19-45-31-7-3-2-6-26(27)31/h2-3,6-7,13,16,19-21,23-25H,4-5,8-12,14-15,17-18H2,1H3,(H,37,41)(H,42,43)/t20?,21-,23-,24-,25-/m0/s1. The number of hydrogen-bond acceptors (Lipinski definition) is 6. The Kier molecular flexibility index (Phi) is 9.75. The Bertz CT molecular complexity index is 1570. The van der Waals surface area contributed by atoms with Gasteiger partial charge in [-0.05, 0) is 82.2 Å². The number of carboxylic acid groups (broad SMARTS) is 1. The average molecular weight is 656 g/mol. The number of ether oxygens (including phenoxy) is 1. The topological polar surface area (TPSA) is 99.2 Å². The molecule has 0 spiro atoms. The second-order valence-electron chi connectivity index (χ2n) is 12.7. The Morgan fingerprint density at radius 3 is 2.64 bits per heavy atom. The Hall–Kier alpha value is -3.05. The largest absolute Gasteiger partial charge is 0.481 e. The molecule has 1 aromatic heterocycles. The van der Waals surface area contributed by atoms with Crippen LogP contribution in [0.15, 0.2) is 41.8 Å². The molecule has 1 saturated carbocycles. The van der Waals surface area contributed by atoms with Crippen molar-refractivity contribution in [2.24, 2.45) is 5.92 Å². The summed E-state index contributed by atoms with van der Waals surface area (Å²) in [5, 5.41) is 14.8. The molecule has 2 amide bonds. The highest BCUT2D eigenvalue weighted by molar-refractivity contribution is 7.17. The van der Waals surface area contributed by atoms with Gasteiger partial charge in [0.15, 0.2) is 0 Å². The number of nitrogens with zero attached hydrogens (tertiary/aromatic N) is 2. The second kappa shape index (κ2) is 13.7. The van der Waals surface area contributed by atoms with Crippen LogP contribution < -0.4 is 5.32 Å². The van der Waals surface area contributed by atoms with Crippen LogP contribution in [0.4, 0.5) is 10.1 Å². The number of rotatable bonds is 9. The molecule has 2 aliphatic heterocycles. The molecule has 1 aliphatic carbocycles. The van der Waals surface area contributed by atoms with Gasteiger partial charge >= 0.3 is 5.97 Å². The van der Waals surface area contributed by atoms with Crippen molar-refractivity contribution in [2.45, 2.75) is 82.5 Å². The van der Waals surface area contributed by atoms with Gasteiger partial charge < -0.3 is 20.1 Å². The summed E-state index contributed by atoms with van der Waals surface area (Å²) in [5.74, 6) is -2.24. The highest BCUT2D eigenvalue weighted by Crippen LogP contribution is 2.33. The zero-order valence-electron chi connectivity index (χ0n) is 25.3. The van der Waals surface area contributed by atoms with Gasteiger partial charge in [0.1, 0.15) is 5.82 Å². The van der Waals surface area contributed by atoms with E-state index in [-0.39, 0.29) is 58.6 Å². The fraction of sp³-hybridized carbons (Fsp3) is 0.500. The maximum Gasteiger partial charge on any atom is 0.306 e. The molecule has 2 aromatic carbocycles. The molecule has 240 valence electrons. The maximum absolute atomic E-state index is 15.4. The minimum atomic E-state index is -0.748. The zero-order chi connectivity index (χ0) is 31.7. The lowest BCUT2D eigenvalue weighted by molar-refractivity contribution is -0.144. The Morgan fingerprint density at radius 1 is 1.13 bits per heavy atom. The smallest absolute Gasteiger partial charge is 0.306 e. The summed E-state index contributed by atoms with van der Waals surface area (Å²) in [5.41, 5.74) is 0.817. The van der Waals surface area contributed by atoms with Crippen molar-refractivity contribution in [3.8, 4) is 0 Å². The molecule has 3 aliphatic rings. The van der Waals surface area contributed by atoms with Gasteiger partial charge in [-0.15, -0.1) is 11.3 Å². The quantitative estimate of drug-likeness (QED) is 0.270. The molecule has 8 nitrogen and oxygen atoms in total. The average Bonchev–Trinajstić information content (AvgIpc) is 3.77. The summed E-state index contributed by atoms with van der Waals surface area (Å²) in [4.78, 5) is 42.4. The van der Waals surface area contributed by atoms with Crippen molar-refractivity contribution in [1.82, 2.24) is 9.80 Å². The first-order chi connectivity index (χ1) is 21.7. The van der Waals surface area contributed by atoms with Gasteiger partial charge in [0.2, 0.25) is 5.91 Å². The summed E-state index contributed by atoms with van der Waals surface area (Å²) in [6.45, 7) is 4.15. The number of likely N-dealkylation sites (tertiary alicyclic amines) is 2. The molecule has 11 heteroatoms. The van der Waals surface area contributed by atoms with Crippen LogP contribution in [0.1, 0.15) is 67.8 Å². The summed E-state index contributed by atoms with van der Waals surface area (Å²) in [7, 11) is 0. The first kappa shape index (κ1) is 31.9. The minimum absolute atomic E-state index is 0.0200. The van der Waals surface area contributed by atoms with Crippen molar-refractivity contribution < 1.29 is 28.6 Å². The van der Waals surface area contributed by atoms with Crippen LogP contribution in [0.3, 0.4) is 0 Å². The number of anilines is 1. The number of carbonyl (C=O) groups excluding carboxylic acids is 2. The first-order valence-electron chi connectivity index (χ1n) is 15.8. The number of carboxylic acids is 1. The Morgan fingerprint density at radius 2 is 1.91 bits per heavy atom. The normalized spacial score (nSPS) is 25.6. The molecular formula is C34H39ClFN3O5S. The van der Waals surface area contributed by atoms with Crippen molar-refractivity contribution in [1.29, 1.82) is 0 Å². The predicted molar refractivity (Wildman–Crippen MR) is 174 cm³/mol. The van der Waals surface area contributed by atoms with E-state index < -0.39 is 11.8 Å². The van der Waals surface area contributed by atoms with Crippen molar-refractivity contribution in [3.05, 3.63) is 63.7 Å². The number of benzene rings is 2. The van der Waals surface area contributed by atoms with E-state index >= 15 is 4.39 Å². The fourth-order valence-corrected chi connectivity index (χ4v) is 8.42. The van der Waals surface area contributed by atoms with E-state index in [1.54, 1.807) is 5.38 Å². The van der Waals surface area contributed by atoms with Crippen LogP contribution in [0.25, 0.3) is 10.1 Å². The lowest BCUT2D eigenvalue weighted by atomic mass is 9.87. The minimum Gasteiger partial charge on any atom is -0.481 e. The molecular weight excluding hydrogens is 617 g/mol. The van der Waals surface area contributed by atoms with Crippen LogP contribution in [0.2, 0.25) is 5.02 Å². The van der Waals surface area contributed by atoms with E-state index in [0.29, 0.717) is 50.4 Å². The summed E-state index contributed by atoms with van der Waals surface area (Å²) in [6, 6.07) is 10.7. The number of nitrogens with one attached hydrogen (secondary N) is 1. The van der Waals surface area contributed by atoms with Crippen molar-refractivity contribution in [2.75, 3.05) is 25.0 Å². The highest BCUT2D eigenvalue weighted by Gasteiger charge is 2.41. The number of fused-ring (bicyclic) bond motifs is 1. The molecule has 2 N–H and O–H groups in total. The van der Waals surface area contributed by atoms with Gasteiger partial charge in [-0.25, -0.2) is 4.39 Å². The zero-order valence-corrected chi connectivity index (χ0v) is 26.9. The molecule has 0 radical (unpaired) electrons. The molecule has 2 saturated heterocycles. The van der Waals surface area contributed by atoms with E-state index in [1.165, 1.54) is 23.5 Å². The van der Waals surface area contributed by atoms with Gasteiger partial charge in [0.05, 0.1) is 47.4 Å².